The molecule has 0 unspecified atom stereocenters. The number of fused-ring (bicyclic) bond motifs is 1. The minimum absolute atomic E-state index is 0.313. The Balaban J connectivity index is 2.38. The molecule has 2 aromatic carbocycles. The number of para-hydroxylation sites is 1. The Morgan fingerprint density at radius 3 is 2.85 bits per heavy atom. The second-order valence-electron chi connectivity index (χ2n) is 4.47. The molecule has 0 fully saturated rings. The van der Waals surface area contributed by atoms with E-state index < -0.39 is 0 Å². The molecule has 0 saturated carbocycles. The van der Waals surface area contributed by atoms with E-state index in [1.54, 1.807) is 16.7 Å². The Labute approximate surface area is 128 Å². The van der Waals surface area contributed by atoms with Gasteiger partial charge in [-0.2, -0.15) is 0 Å². The first-order valence-corrected chi connectivity index (χ1v) is 7.04. The van der Waals surface area contributed by atoms with E-state index in [9.17, 15) is 4.39 Å². The average Bonchev–Trinajstić information content (AvgIpc) is 2.72. The molecule has 0 spiro atoms. The zero-order valence-electron chi connectivity index (χ0n) is 10.5. The topological polar surface area (TPSA) is 43.8 Å². The third-order valence-corrected chi connectivity index (χ3v) is 4.05. The number of nitrogens with two attached hydrogens (primary N) is 1. The summed E-state index contributed by atoms with van der Waals surface area (Å²) in [6.07, 6.45) is 0. The van der Waals surface area contributed by atoms with Crippen molar-refractivity contribution in [2.45, 2.75) is 6.92 Å². The summed E-state index contributed by atoms with van der Waals surface area (Å²) in [5, 5.41) is 0.534. The molecule has 0 atom stereocenters. The summed E-state index contributed by atoms with van der Waals surface area (Å²) < 4.78 is 15.7. The second-order valence-corrected chi connectivity index (χ2v) is 5.73. The second kappa shape index (κ2) is 4.75. The molecular formula is C14H10BrClFN3. The van der Waals surface area contributed by atoms with E-state index in [2.05, 4.69) is 20.9 Å². The van der Waals surface area contributed by atoms with Gasteiger partial charge >= 0.3 is 0 Å². The van der Waals surface area contributed by atoms with Crippen molar-refractivity contribution in [2.75, 3.05) is 5.73 Å². The van der Waals surface area contributed by atoms with Gasteiger partial charge in [0.05, 0.1) is 20.7 Å². The maximum Gasteiger partial charge on any atom is 0.205 e. The van der Waals surface area contributed by atoms with E-state index in [4.69, 9.17) is 17.3 Å². The molecular weight excluding hydrogens is 345 g/mol. The lowest BCUT2D eigenvalue weighted by Crippen LogP contribution is -2.03. The van der Waals surface area contributed by atoms with Gasteiger partial charge in [0.1, 0.15) is 11.3 Å². The zero-order valence-corrected chi connectivity index (χ0v) is 12.8. The summed E-state index contributed by atoms with van der Waals surface area (Å²) in [4.78, 5) is 4.28. The van der Waals surface area contributed by atoms with Crippen LogP contribution in [0.1, 0.15) is 5.56 Å². The van der Waals surface area contributed by atoms with Crippen LogP contribution in [0.5, 0.6) is 0 Å². The fraction of sp³-hybridized carbons (Fsp3) is 0.0714. The number of rotatable bonds is 1. The number of nitrogen functional groups attached to an aromatic ring is 1. The molecule has 6 heteroatoms. The normalized spacial score (nSPS) is 11.2. The summed E-state index contributed by atoms with van der Waals surface area (Å²) >= 11 is 9.32. The van der Waals surface area contributed by atoms with Crippen LogP contribution in [0.15, 0.2) is 34.8 Å². The molecule has 0 saturated heterocycles. The van der Waals surface area contributed by atoms with Gasteiger partial charge in [0.15, 0.2) is 0 Å². The van der Waals surface area contributed by atoms with Gasteiger partial charge in [-0.25, -0.2) is 9.37 Å². The highest BCUT2D eigenvalue weighted by Crippen LogP contribution is 2.31. The molecule has 0 aliphatic carbocycles. The Morgan fingerprint density at radius 1 is 1.35 bits per heavy atom. The Hall–Kier alpha value is -1.59. The van der Waals surface area contributed by atoms with Crippen LogP contribution < -0.4 is 5.73 Å². The molecule has 0 bridgehead atoms. The smallest absolute Gasteiger partial charge is 0.205 e. The summed E-state index contributed by atoms with van der Waals surface area (Å²) in [5.74, 6) is 0.00184. The van der Waals surface area contributed by atoms with Gasteiger partial charge < -0.3 is 5.73 Å². The predicted molar refractivity (Wildman–Crippen MR) is 82.9 cm³/mol. The van der Waals surface area contributed by atoms with Crippen LogP contribution in [0, 0.1) is 12.7 Å². The number of halogens is 3. The number of imidazole rings is 1. The Bertz CT molecular complexity index is 829. The highest BCUT2D eigenvalue weighted by molar-refractivity contribution is 9.10. The molecule has 102 valence electrons. The number of aryl methyl sites for hydroxylation is 1. The SMILES string of the molecule is Cc1cc(F)c(Br)cc1-n1c(N)nc2c(Cl)cccc21. The quantitative estimate of drug-likeness (QED) is 0.700. The first kappa shape index (κ1) is 13.4. The van der Waals surface area contributed by atoms with Crippen molar-refractivity contribution in [2.24, 2.45) is 0 Å². The molecule has 3 rings (SSSR count). The largest absolute Gasteiger partial charge is 0.369 e. The molecule has 20 heavy (non-hydrogen) atoms. The number of hydrogen-bond donors (Lipinski definition) is 1. The molecule has 0 radical (unpaired) electrons. The van der Waals surface area contributed by atoms with Crippen LogP contribution in [0.4, 0.5) is 10.3 Å². The number of benzene rings is 2. The van der Waals surface area contributed by atoms with Gasteiger partial charge in [0, 0.05) is 0 Å². The minimum Gasteiger partial charge on any atom is -0.369 e. The lowest BCUT2D eigenvalue weighted by molar-refractivity contribution is 0.619. The third-order valence-electron chi connectivity index (χ3n) is 3.14. The van der Waals surface area contributed by atoms with Gasteiger partial charge in [0.25, 0.3) is 0 Å². The lowest BCUT2D eigenvalue weighted by atomic mass is 10.2. The van der Waals surface area contributed by atoms with Crippen molar-refractivity contribution in [3.05, 3.63) is 51.2 Å². The lowest BCUT2D eigenvalue weighted by Gasteiger charge is -2.11. The van der Waals surface area contributed by atoms with E-state index in [0.29, 0.717) is 21.0 Å². The fourth-order valence-corrected chi connectivity index (χ4v) is 2.76. The first-order chi connectivity index (χ1) is 9.49. The molecule has 2 N–H and O–H groups in total. The molecule has 0 aliphatic heterocycles. The van der Waals surface area contributed by atoms with E-state index in [-0.39, 0.29) is 5.82 Å². The first-order valence-electron chi connectivity index (χ1n) is 5.87. The molecule has 1 aromatic heterocycles. The van der Waals surface area contributed by atoms with Crippen molar-refractivity contribution in [3.63, 3.8) is 0 Å². The number of hydrogen-bond acceptors (Lipinski definition) is 2. The van der Waals surface area contributed by atoms with E-state index >= 15 is 0 Å². The summed E-state index contributed by atoms with van der Waals surface area (Å²) in [6.45, 7) is 1.82. The number of aromatic nitrogens is 2. The zero-order chi connectivity index (χ0) is 14.4. The Morgan fingerprint density at radius 2 is 2.10 bits per heavy atom. The van der Waals surface area contributed by atoms with Crippen molar-refractivity contribution in [3.8, 4) is 5.69 Å². The standard InChI is InChI=1S/C14H10BrClFN3/c1-7-5-10(17)8(15)6-12(7)20-11-4-2-3-9(16)13(11)19-14(20)18/h2-6H,1H3,(H2,18,19). The van der Waals surface area contributed by atoms with Gasteiger partial charge in [-0.3, -0.25) is 4.57 Å². The maximum atomic E-state index is 13.6. The van der Waals surface area contributed by atoms with E-state index in [0.717, 1.165) is 16.8 Å². The van der Waals surface area contributed by atoms with E-state index in [1.807, 2.05) is 19.1 Å². The van der Waals surface area contributed by atoms with Gasteiger partial charge in [-0.1, -0.05) is 17.7 Å². The maximum absolute atomic E-state index is 13.6. The molecule has 3 aromatic rings. The van der Waals surface area contributed by atoms with Crippen molar-refractivity contribution < 1.29 is 4.39 Å². The molecule has 0 aliphatic rings. The van der Waals surface area contributed by atoms with Crippen LogP contribution in [0.3, 0.4) is 0 Å². The molecule has 0 amide bonds. The van der Waals surface area contributed by atoms with Crippen LogP contribution in [0.2, 0.25) is 5.02 Å². The van der Waals surface area contributed by atoms with Gasteiger partial charge in [-0.05, 0) is 52.7 Å². The summed E-state index contributed by atoms with van der Waals surface area (Å²) in [5.41, 5.74) is 8.94. The molecule has 1 heterocycles. The van der Waals surface area contributed by atoms with Crippen LogP contribution >= 0.6 is 27.5 Å². The fourth-order valence-electron chi connectivity index (χ4n) is 2.21. The average molecular weight is 355 g/mol. The highest BCUT2D eigenvalue weighted by Gasteiger charge is 2.15. The van der Waals surface area contributed by atoms with E-state index in [1.165, 1.54) is 6.07 Å². The summed E-state index contributed by atoms with van der Waals surface area (Å²) in [6, 6.07) is 8.60. The van der Waals surface area contributed by atoms with Crippen LogP contribution in [0.25, 0.3) is 16.7 Å². The number of anilines is 1. The van der Waals surface area contributed by atoms with Gasteiger partial charge in [0.2, 0.25) is 5.95 Å². The monoisotopic (exact) mass is 353 g/mol. The molecule has 3 nitrogen and oxygen atoms in total. The van der Waals surface area contributed by atoms with Crippen LogP contribution in [-0.4, -0.2) is 9.55 Å². The van der Waals surface area contributed by atoms with Crippen molar-refractivity contribution in [1.82, 2.24) is 9.55 Å². The third kappa shape index (κ3) is 1.98. The highest BCUT2D eigenvalue weighted by atomic mass is 79.9. The summed E-state index contributed by atoms with van der Waals surface area (Å²) in [7, 11) is 0. The van der Waals surface area contributed by atoms with Gasteiger partial charge in [-0.15, -0.1) is 0 Å². The van der Waals surface area contributed by atoms with Crippen molar-refractivity contribution >= 4 is 44.5 Å². The predicted octanol–water partition coefficient (Wildman–Crippen LogP) is 4.47. The minimum atomic E-state index is -0.313. The Kier molecular flexibility index (Phi) is 3.18. The van der Waals surface area contributed by atoms with Crippen LogP contribution in [-0.2, 0) is 0 Å². The number of nitrogens with zero attached hydrogens (tertiary/aromatic N) is 2. The van der Waals surface area contributed by atoms with Crippen molar-refractivity contribution in [1.29, 1.82) is 0 Å².